The number of nitrogens with one attached hydrogen (secondary N) is 2. The van der Waals surface area contributed by atoms with Crippen LogP contribution >= 0.6 is 11.6 Å². The molecule has 1 saturated heterocycles. The lowest BCUT2D eigenvalue weighted by Gasteiger charge is -2.22. The van der Waals surface area contributed by atoms with Crippen molar-refractivity contribution in [3.63, 3.8) is 0 Å². The molecule has 1 aliphatic heterocycles. The summed E-state index contributed by atoms with van der Waals surface area (Å²) in [6, 6.07) is 2.26. The van der Waals surface area contributed by atoms with E-state index < -0.39 is 22.5 Å². The Kier molecular flexibility index (Phi) is 5.80. The number of nitriles is 1. The lowest BCUT2D eigenvalue weighted by atomic mass is 10.1. The Labute approximate surface area is 141 Å². The van der Waals surface area contributed by atoms with Crippen LogP contribution in [0.25, 0.3) is 5.57 Å². The van der Waals surface area contributed by atoms with Crippen molar-refractivity contribution in [3.8, 4) is 6.07 Å². The summed E-state index contributed by atoms with van der Waals surface area (Å²) in [7, 11) is 0. The second-order valence-corrected chi connectivity index (χ2v) is 5.49. The summed E-state index contributed by atoms with van der Waals surface area (Å²) >= 11 is 5.72. The molecule has 0 saturated carbocycles. The van der Waals surface area contributed by atoms with Crippen LogP contribution in [0, 0.1) is 16.7 Å². The average molecular weight is 359 g/mol. The molecule has 1 aromatic heterocycles. The average Bonchev–Trinajstić information content (AvgIpc) is 2.55. The van der Waals surface area contributed by atoms with Gasteiger partial charge in [-0.2, -0.15) is 18.4 Å². The highest BCUT2D eigenvalue weighted by Gasteiger charge is 2.35. The molecular weight excluding hydrogens is 345 g/mol. The van der Waals surface area contributed by atoms with Crippen LogP contribution in [0.4, 0.5) is 13.2 Å². The lowest BCUT2D eigenvalue weighted by Crippen LogP contribution is -2.31. The third-order valence-electron chi connectivity index (χ3n) is 3.54. The van der Waals surface area contributed by atoms with Crippen LogP contribution < -0.4 is 5.32 Å². The molecule has 1 fully saturated rings. The van der Waals surface area contributed by atoms with Gasteiger partial charge in [-0.1, -0.05) is 11.6 Å². The van der Waals surface area contributed by atoms with E-state index in [1.807, 2.05) is 0 Å². The van der Waals surface area contributed by atoms with E-state index in [1.165, 1.54) is 12.3 Å². The van der Waals surface area contributed by atoms with Crippen molar-refractivity contribution < 1.29 is 17.9 Å². The Morgan fingerprint density at radius 3 is 2.67 bits per heavy atom. The molecule has 1 aliphatic rings. The summed E-state index contributed by atoms with van der Waals surface area (Å²) in [5, 5.41) is 18.8. The normalized spacial score (nSPS) is 16.5. The Balaban J connectivity index is 2.36. The van der Waals surface area contributed by atoms with E-state index in [0.29, 0.717) is 13.2 Å². The van der Waals surface area contributed by atoms with Crippen molar-refractivity contribution in [1.82, 2.24) is 10.3 Å². The molecule has 0 spiro atoms. The predicted molar refractivity (Wildman–Crippen MR) is 82.7 cm³/mol. The predicted octanol–water partition coefficient (Wildman–Crippen LogP) is 3.38. The van der Waals surface area contributed by atoms with Gasteiger partial charge in [-0.15, -0.1) is 0 Å². The number of hydrogen-bond donors (Lipinski definition) is 2. The first-order valence-electron chi connectivity index (χ1n) is 7.09. The van der Waals surface area contributed by atoms with E-state index in [0.717, 1.165) is 25.1 Å². The highest BCUT2D eigenvalue weighted by molar-refractivity contribution is 6.30. The summed E-state index contributed by atoms with van der Waals surface area (Å²) in [6.07, 6.45) is -0.896. The topological polar surface area (TPSA) is 81.8 Å². The summed E-state index contributed by atoms with van der Waals surface area (Å²) in [4.78, 5) is 3.81. The Hall–Kier alpha value is -2.11. The maximum absolute atomic E-state index is 13.1. The third kappa shape index (κ3) is 4.24. The molecule has 0 atom stereocenters. The molecule has 9 heteroatoms. The van der Waals surface area contributed by atoms with Gasteiger partial charge in [0.1, 0.15) is 16.8 Å². The number of aromatic nitrogens is 1. The van der Waals surface area contributed by atoms with Gasteiger partial charge in [0.15, 0.2) is 0 Å². The molecular formula is C15H14ClF3N4O. The van der Waals surface area contributed by atoms with Crippen LogP contribution in [0.3, 0.4) is 0 Å². The van der Waals surface area contributed by atoms with Crippen LogP contribution in [0.5, 0.6) is 0 Å². The number of hydrogen-bond acceptors (Lipinski definition) is 5. The van der Waals surface area contributed by atoms with E-state index >= 15 is 0 Å². The van der Waals surface area contributed by atoms with Gasteiger partial charge in [0.25, 0.3) is 0 Å². The summed E-state index contributed by atoms with van der Waals surface area (Å²) in [6.45, 7) is 1.20. The summed E-state index contributed by atoms with van der Waals surface area (Å²) in [5.74, 6) is 0. The van der Waals surface area contributed by atoms with Crippen LogP contribution in [0.15, 0.2) is 12.3 Å². The van der Waals surface area contributed by atoms with Gasteiger partial charge in [0.05, 0.1) is 11.3 Å². The first kappa shape index (κ1) is 18.2. The Bertz CT molecular complexity index is 691. The number of alkyl halides is 3. The molecule has 2 rings (SSSR count). The van der Waals surface area contributed by atoms with E-state index in [2.05, 4.69) is 10.3 Å². The summed E-state index contributed by atoms with van der Waals surface area (Å²) < 4.78 is 44.5. The molecule has 0 unspecified atom stereocenters. The molecule has 0 amide bonds. The molecule has 0 bridgehead atoms. The molecule has 2 N–H and O–H groups in total. The fourth-order valence-electron chi connectivity index (χ4n) is 2.25. The Morgan fingerprint density at radius 1 is 1.46 bits per heavy atom. The SMILES string of the molecule is N#Cc1c(C(F)(F)F)cc(/C(C=N)=C/NC2CCOCC2)nc1Cl. The van der Waals surface area contributed by atoms with Crippen molar-refractivity contribution in [2.75, 3.05) is 13.2 Å². The number of rotatable bonds is 4. The fraction of sp³-hybridized carbons (Fsp3) is 0.400. The minimum absolute atomic E-state index is 0.115. The number of allylic oxidation sites excluding steroid dienone is 1. The minimum atomic E-state index is -4.74. The highest BCUT2D eigenvalue weighted by Crippen LogP contribution is 2.35. The van der Waals surface area contributed by atoms with Crippen LogP contribution in [-0.4, -0.2) is 30.5 Å². The molecule has 128 valence electrons. The maximum atomic E-state index is 13.1. The first-order chi connectivity index (χ1) is 11.4. The van der Waals surface area contributed by atoms with Gasteiger partial charge in [0, 0.05) is 37.2 Å². The molecule has 0 aliphatic carbocycles. The van der Waals surface area contributed by atoms with Gasteiger partial charge >= 0.3 is 6.18 Å². The number of ether oxygens (including phenoxy) is 1. The zero-order chi connectivity index (χ0) is 17.7. The maximum Gasteiger partial charge on any atom is 0.417 e. The largest absolute Gasteiger partial charge is 0.417 e. The van der Waals surface area contributed by atoms with E-state index in [-0.39, 0.29) is 17.3 Å². The van der Waals surface area contributed by atoms with Crippen molar-refractivity contribution >= 4 is 23.4 Å². The van der Waals surface area contributed by atoms with Crippen molar-refractivity contribution in [2.45, 2.75) is 25.1 Å². The quantitative estimate of drug-likeness (QED) is 0.638. The standard InChI is InChI=1S/C15H14ClF3N4O/c16-14-11(7-21)12(15(17,18)19)5-13(23-14)9(6-20)8-22-10-1-3-24-4-2-10/h5-6,8,10,20,22H,1-4H2/b9-8+,20-6?. The second-order valence-electron chi connectivity index (χ2n) is 5.13. The highest BCUT2D eigenvalue weighted by atomic mass is 35.5. The Morgan fingerprint density at radius 2 is 2.12 bits per heavy atom. The van der Waals surface area contributed by atoms with Crippen molar-refractivity contribution in [1.29, 1.82) is 10.7 Å². The van der Waals surface area contributed by atoms with Crippen molar-refractivity contribution in [2.24, 2.45) is 0 Å². The molecule has 5 nitrogen and oxygen atoms in total. The smallest absolute Gasteiger partial charge is 0.387 e. The van der Waals surface area contributed by atoms with Gasteiger partial charge in [0.2, 0.25) is 0 Å². The van der Waals surface area contributed by atoms with E-state index in [9.17, 15) is 13.2 Å². The molecule has 24 heavy (non-hydrogen) atoms. The molecule has 1 aromatic rings. The van der Waals surface area contributed by atoms with Gasteiger partial charge in [-0.25, -0.2) is 4.98 Å². The zero-order valence-corrected chi connectivity index (χ0v) is 13.2. The summed E-state index contributed by atoms with van der Waals surface area (Å²) in [5.41, 5.74) is -1.88. The molecule has 0 aromatic carbocycles. The lowest BCUT2D eigenvalue weighted by molar-refractivity contribution is -0.137. The van der Waals surface area contributed by atoms with Crippen LogP contribution in [0.2, 0.25) is 5.15 Å². The fourth-order valence-corrected chi connectivity index (χ4v) is 2.49. The number of pyridine rings is 1. The van der Waals surface area contributed by atoms with Gasteiger partial charge < -0.3 is 15.5 Å². The zero-order valence-electron chi connectivity index (χ0n) is 12.5. The monoisotopic (exact) mass is 358 g/mol. The number of nitrogens with zero attached hydrogens (tertiary/aromatic N) is 2. The second kappa shape index (κ2) is 7.64. The molecule has 0 radical (unpaired) electrons. The van der Waals surface area contributed by atoms with E-state index in [1.54, 1.807) is 0 Å². The minimum Gasteiger partial charge on any atom is -0.387 e. The number of halogens is 4. The van der Waals surface area contributed by atoms with Gasteiger partial charge in [-0.3, -0.25) is 0 Å². The van der Waals surface area contributed by atoms with E-state index in [4.69, 9.17) is 27.0 Å². The van der Waals surface area contributed by atoms with Crippen LogP contribution in [-0.2, 0) is 10.9 Å². The molecule has 2 heterocycles. The third-order valence-corrected chi connectivity index (χ3v) is 3.81. The first-order valence-corrected chi connectivity index (χ1v) is 7.47. The van der Waals surface area contributed by atoms with Crippen molar-refractivity contribution in [3.05, 3.63) is 34.2 Å². The van der Waals surface area contributed by atoms with Crippen LogP contribution in [0.1, 0.15) is 29.7 Å². The van der Waals surface area contributed by atoms with Gasteiger partial charge in [-0.05, 0) is 18.9 Å².